The molecule has 2 amide bonds. The van der Waals surface area contributed by atoms with Crippen LogP contribution in [0.15, 0.2) is 48.5 Å². The Hall–Kier alpha value is -3.42. The summed E-state index contributed by atoms with van der Waals surface area (Å²) in [5.74, 6) is -0.697. The number of carbonyl (C=O) groups excluding carboxylic acids is 2. The lowest BCUT2D eigenvalue weighted by atomic mass is 10.1. The summed E-state index contributed by atoms with van der Waals surface area (Å²) < 4.78 is 5.17. The highest BCUT2D eigenvalue weighted by molar-refractivity contribution is 5.95. The number of aryl methyl sites for hydroxylation is 1. The third-order valence-electron chi connectivity index (χ3n) is 3.01. The van der Waals surface area contributed by atoms with E-state index in [1.165, 1.54) is 24.3 Å². The highest BCUT2D eigenvalue weighted by Crippen LogP contribution is 2.16. The molecule has 0 bridgehead atoms. The van der Waals surface area contributed by atoms with Crippen molar-refractivity contribution in [2.45, 2.75) is 6.92 Å². The van der Waals surface area contributed by atoms with Crippen LogP contribution in [0.2, 0.25) is 0 Å². The lowest BCUT2D eigenvalue weighted by Crippen LogP contribution is -2.43. The van der Waals surface area contributed by atoms with Crippen LogP contribution in [0.4, 0.5) is 5.69 Å². The Labute approximate surface area is 137 Å². The third-order valence-corrected chi connectivity index (χ3v) is 3.01. The van der Waals surface area contributed by atoms with Crippen molar-refractivity contribution in [2.24, 2.45) is 0 Å². The fraction of sp³-hybridized carbons (Fsp3) is 0.125. The standard InChI is InChI=1S/C16H15N3O5/c1-11-3-2-4-12(9-11)16(21)18-17-15(20)10-24-14-7-5-13(6-8-14)19(22)23/h2-9H,10H2,1H3,(H,17,20)(H,18,21). The molecule has 8 heteroatoms. The van der Waals surface area contributed by atoms with Gasteiger partial charge in [0.05, 0.1) is 4.92 Å². The van der Waals surface area contributed by atoms with E-state index >= 15 is 0 Å². The highest BCUT2D eigenvalue weighted by Gasteiger charge is 2.09. The van der Waals surface area contributed by atoms with Crippen LogP contribution in [0.25, 0.3) is 0 Å². The van der Waals surface area contributed by atoms with E-state index in [9.17, 15) is 19.7 Å². The Balaban J connectivity index is 1.79. The number of hydrogen-bond acceptors (Lipinski definition) is 5. The van der Waals surface area contributed by atoms with Crippen LogP contribution in [-0.2, 0) is 4.79 Å². The molecule has 0 fully saturated rings. The summed E-state index contributed by atoms with van der Waals surface area (Å²) in [6.07, 6.45) is 0. The molecule has 0 atom stereocenters. The van der Waals surface area contributed by atoms with Crippen LogP contribution >= 0.6 is 0 Å². The van der Waals surface area contributed by atoms with Gasteiger partial charge in [0.2, 0.25) is 0 Å². The Bertz CT molecular complexity index is 759. The first-order valence-corrected chi connectivity index (χ1v) is 6.99. The van der Waals surface area contributed by atoms with Crippen molar-refractivity contribution in [3.05, 3.63) is 69.8 Å². The zero-order valence-electron chi connectivity index (χ0n) is 12.8. The Morgan fingerprint density at radius 3 is 2.46 bits per heavy atom. The molecule has 0 spiro atoms. The smallest absolute Gasteiger partial charge is 0.276 e. The van der Waals surface area contributed by atoms with E-state index in [4.69, 9.17) is 4.74 Å². The molecule has 0 aliphatic heterocycles. The van der Waals surface area contributed by atoms with Gasteiger partial charge < -0.3 is 4.74 Å². The maximum Gasteiger partial charge on any atom is 0.276 e. The van der Waals surface area contributed by atoms with Crippen LogP contribution in [0.3, 0.4) is 0 Å². The molecule has 2 N–H and O–H groups in total. The topological polar surface area (TPSA) is 111 Å². The average molecular weight is 329 g/mol. The third kappa shape index (κ3) is 4.80. The first-order valence-electron chi connectivity index (χ1n) is 6.99. The van der Waals surface area contributed by atoms with Crippen molar-refractivity contribution in [1.29, 1.82) is 0 Å². The van der Waals surface area contributed by atoms with Crippen LogP contribution in [0.1, 0.15) is 15.9 Å². The van der Waals surface area contributed by atoms with Gasteiger partial charge in [0.15, 0.2) is 6.61 Å². The maximum absolute atomic E-state index is 11.8. The van der Waals surface area contributed by atoms with E-state index in [1.807, 2.05) is 13.0 Å². The Morgan fingerprint density at radius 2 is 1.83 bits per heavy atom. The summed E-state index contributed by atoms with van der Waals surface area (Å²) in [6, 6.07) is 12.2. The highest BCUT2D eigenvalue weighted by atomic mass is 16.6. The minimum atomic E-state index is -0.561. The number of rotatable bonds is 5. The molecular formula is C16H15N3O5. The van der Waals surface area contributed by atoms with Gasteiger partial charge in [-0.15, -0.1) is 0 Å². The molecule has 2 rings (SSSR count). The van der Waals surface area contributed by atoms with Crippen LogP contribution in [0.5, 0.6) is 5.75 Å². The molecule has 0 aliphatic rings. The van der Waals surface area contributed by atoms with Gasteiger partial charge in [0, 0.05) is 17.7 Å². The van der Waals surface area contributed by atoms with E-state index in [1.54, 1.807) is 18.2 Å². The van der Waals surface area contributed by atoms with E-state index in [0.29, 0.717) is 11.3 Å². The molecule has 0 radical (unpaired) electrons. The Morgan fingerprint density at radius 1 is 1.12 bits per heavy atom. The van der Waals surface area contributed by atoms with Crippen molar-refractivity contribution in [3.63, 3.8) is 0 Å². The first-order chi connectivity index (χ1) is 11.5. The summed E-state index contributed by atoms with van der Waals surface area (Å²) in [4.78, 5) is 33.5. The molecule has 8 nitrogen and oxygen atoms in total. The van der Waals surface area contributed by atoms with E-state index in [0.717, 1.165) is 5.56 Å². The van der Waals surface area contributed by atoms with Crippen molar-refractivity contribution in [1.82, 2.24) is 10.9 Å². The zero-order chi connectivity index (χ0) is 17.5. The minimum absolute atomic E-state index is 0.0720. The predicted molar refractivity (Wildman–Crippen MR) is 85.4 cm³/mol. The molecular weight excluding hydrogens is 314 g/mol. The molecule has 124 valence electrons. The SMILES string of the molecule is Cc1cccc(C(=O)NNC(=O)COc2ccc([N+](=O)[O-])cc2)c1. The van der Waals surface area contributed by atoms with Crippen LogP contribution in [0, 0.1) is 17.0 Å². The quantitative estimate of drug-likeness (QED) is 0.641. The molecule has 2 aromatic rings. The average Bonchev–Trinajstić information content (AvgIpc) is 2.58. The van der Waals surface area contributed by atoms with Crippen molar-refractivity contribution in [3.8, 4) is 5.75 Å². The molecule has 0 unspecified atom stereocenters. The molecule has 0 heterocycles. The number of hydrogen-bond donors (Lipinski definition) is 2. The van der Waals surface area contributed by atoms with Gasteiger partial charge in [0.1, 0.15) is 5.75 Å². The molecule has 0 saturated heterocycles. The number of carbonyl (C=O) groups is 2. The first kappa shape index (κ1) is 16.9. The number of hydrazine groups is 1. The number of nitro benzene ring substituents is 1. The van der Waals surface area contributed by atoms with Gasteiger partial charge in [-0.3, -0.25) is 30.6 Å². The van der Waals surface area contributed by atoms with Crippen molar-refractivity contribution >= 4 is 17.5 Å². The van der Waals surface area contributed by atoms with Crippen LogP contribution < -0.4 is 15.6 Å². The number of nitrogens with zero attached hydrogens (tertiary/aromatic N) is 1. The van der Waals surface area contributed by atoms with Crippen molar-refractivity contribution in [2.75, 3.05) is 6.61 Å². The number of benzene rings is 2. The summed E-state index contributed by atoms with van der Waals surface area (Å²) in [5.41, 5.74) is 5.78. The van der Waals surface area contributed by atoms with Gasteiger partial charge in [0.25, 0.3) is 17.5 Å². The molecule has 0 aliphatic carbocycles. The molecule has 0 aromatic heterocycles. The molecule has 0 saturated carbocycles. The summed E-state index contributed by atoms with van der Waals surface area (Å²) in [6.45, 7) is 1.51. The van der Waals surface area contributed by atoms with Gasteiger partial charge in [-0.05, 0) is 31.2 Å². The monoisotopic (exact) mass is 329 g/mol. The number of amides is 2. The van der Waals surface area contributed by atoms with E-state index < -0.39 is 16.7 Å². The second-order valence-corrected chi connectivity index (χ2v) is 4.91. The van der Waals surface area contributed by atoms with Crippen molar-refractivity contribution < 1.29 is 19.2 Å². The second kappa shape index (κ2) is 7.73. The fourth-order valence-corrected chi connectivity index (χ4v) is 1.83. The summed E-state index contributed by atoms with van der Waals surface area (Å²) in [5, 5.41) is 10.5. The number of nitrogens with one attached hydrogen (secondary N) is 2. The predicted octanol–water partition coefficient (Wildman–Crippen LogP) is 1.74. The van der Waals surface area contributed by atoms with Gasteiger partial charge in [-0.25, -0.2) is 0 Å². The number of ether oxygens (including phenoxy) is 1. The van der Waals surface area contributed by atoms with Gasteiger partial charge in [-0.2, -0.15) is 0 Å². The molecule has 24 heavy (non-hydrogen) atoms. The molecule has 2 aromatic carbocycles. The lowest BCUT2D eigenvalue weighted by molar-refractivity contribution is -0.384. The maximum atomic E-state index is 11.8. The minimum Gasteiger partial charge on any atom is -0.484 e. The summed E-state index contributed by atoms with van der Waals surface area (Å²) >= 11 is 0. The largest absolute Gasteiger partial charge is 0.484 e. The second-order valence-electron chi connectivity index (χ2n) is 4.91. The Kier molecular flexibility index (Phi) is 5.45. The zero-order valence-corrected chi connectivity index (χ0v) is 12.8. The van der Waals surface area contributed by atoms with E-state index in [2.05, 4.69) is 10.9 Å². The van der Waals surface area contributed by atoms with Crippen LogP contribution in [-0.4, -0.2) is 23.3 Å². The number of non-ortho nitro benzene ring substituents is 1. The van der Waals surface area contributed by atoms with E-state index in [-0.39, 0.29) is 12.3 Å². The number of nitro groups is 1. The summed E-state index contributed by atoms with van der Waals surface area (Å²) in [7, 11) is 0. The normalized spacial score (nSPS) is 9.88. The van der Waals surface area contributed by atoms with Gasteiger partial charge >= 0.3 is 0 Å². The van der Waals surface area contributed by atoms with Gasteiger partial charge in [-0.1, -0.05) is 17.7 Å². The fourth-order valence-electron chi connectivity index (χ4n) is 1.83. The lowest BCUT2D eigenvalue weighted by Gasteiger charge is -2.09.